The van der Waals surface area contributed by atoms with E-state index in [4.69, 9.17) is 0 Å². The van der Waals surface area contributed by atoms with Crippen LogP contribution in [0, 0.1) is 17.8 Å². The summed E-state index contributed by atoms with van der Waals surface area (Å²) in [4.78, 5) is 0. The van der Waals surface area contributed by atoms with Crippen molar-refractivity contribution in [3.05, 3.63) is 82.9 Å². The van der Waals surface area contributed by atoms with Gasteiger partial charge in [-0.25, -0.2) is 0 Å². The van der Waals surface area contributed by atoms with E-state index in [-0.39, 0.29) is 0 Å². The van der Waals surface area contributed by atoms with Crippen LogP contribution in [0.2, 0.25) is 0 Å². The number of alkyl halides is 3. The molecular weight excluding hydrogens is 393 g/mol. The minimum Gasteiger partial charge on any atom is -0.166 e. The monoisotopic (exact) mass is 424 g/mol. The first-order valence-electron chi connectivity index (χ1n) is 11.4. The molecule has 0 spiro atoms. The van der Waals surface area contributed by atoms with Crippen LogP contribution in [0.5, 0.6) is 0 Å². The fourth-order valence-corrected chi connectivity index (χ4v) is 4.23. The van der Waals surface area contributed by atoms with Crippen LogP contribution in [0.3, 0.4) is 0 Å². The van der Waals surface area contributed by atoms with Crippen LogP contribution in [-0.4, -0.2) is 0 Å². The van der Waals surface area contributed by atoms with Gasteiger partial charge < -0.3 is 0 Å². The van der Waals surface area contributed by atoms with Crippen molar-refractivity contribution in [1.82, 2.24) is 0 Å². The summed E-state index contributed by atoms with van der Waals surface area (Å²) in [6.07, 6.45) is 9.41. The number of allylic oxidation sites excluding steroid dienone is 2. The second-order valence-electron chi connectivity index (χ2n) is 8.51. The molecule has 2 aromatic carbocycles. The Morgan fingerprint density at radius 3 is 2.19 bits per heavy atom. The summed E-state index contributed by atoms with van der Waals surface area (Å²) in [5.74, 6) is 7.06. The quantitative estimate of drug-likeness (QED) is 0.323. The van der Waals surface area contributed by atoms with Crippen molar-refractivity contribution in [2.45, 2.75) is 70.4 Å². The zero-order valence-electron chi connectivity index (χ0n) is 18.2. The predicted octanol–water partition coefficient (Wildman–Crippen LogP) is 8.32. The zero-order valence-corrected chi connectivity index (χ0v) is 18.2. The summed E-state index contributed by atoms with van der Waals surface area (Å²) in [6, 6.07) is 14.2. The lowest BCUT2D eigenvalue weighted by atomic mass is 9.78. The van der Waals surface area contributed by atoms with Gasteiger partial charge in [-0.1, -0.05) is 61.9 Å². The topological polar surface area (TPSA) is 0 Å². The summed E-state index contributed by atoms with van der Waals surface area (Å²) < 4.78 is 37.8. The number of aryl methyl sites for hydroxylation is 1. The molecule has 0 radical (unpaired) electrons. The Morgan fingerprint density at radius 2 is 1.58 bits per heavy atom. The molecule has 0 atom stereocenters. The van der Waals surface area contributed by atoms with Gasteiger partial charge in [-0.2, -0.15) is 13.2 Å². The van der Waals surface area contributed by atoms with Gasteiger partial charge in [0, 0.05) is 5.56 Å². The van der Waals surface area contributed by atoms with Crippen molar-refractivity contribution in [2.24, 2.45) is 5.92 Å². The number of benzene rings is 2. The highest BCUT2D eigenvalue weighted by Gasteiger charge is 2.29. The lowest BCUT2D eigenvalue weighted by Crippen LogP contribution is -2.11. The van der Waals surface area contributed by atoms with Crippen molar-refractivity contribution in [2.75, 3.05) is 0 Å². The predicted molar refractivity (Wildman–Crippen MR) is 122 cm³/mol. The zero-order chi connectivity index (χ0) is 22.1. The van der Waals surface area contributed by atoms with Crippen molar-refractivity contribution in [3.8, 4) is 11.8 Å². The van der Waals surface area contributed by atoms with Crippen LogP contribution >= 0.6 is 0 Å². The Hall–Kier alpha value is -2.47. The molecule has 164 valence electrons. The van der Waals surface area contributed by atoms with Gasteiger partial charge in [0.25, 0.3) is 0 Å². The van der Waals surface area contributed by atoms with Gasteiger partial charge in [-0.3, -0.25) is 0 Å². The molecule has 0 nitrogen and oxygen atoms in total. The standard InChI is InChI=1S/C28H31F3/c1-2-3-4-7-22-10-16-25(17-11-22)26-18-12-23(13-19-26)8-5-6-9-24-14-20-27(21-15-24)28(29,30)31/h5,8,10-11,14-17,20-21,23,26H,2-4,7,12-13,18-19H2,1H3. The van der Waals surface area contributed by atoms with Gasteiger partial charge in [-0.05, 0) is 91.8 Å². The molecule has 0 saturated heterocycles. The Balaban J connectivity index is 1.45. The van der Waals surface area contributed by atoms with Crippen LogP contribution in [0.15, 0.2) is 60.7 Å². The van der Waals surface area contributed by atoms with Crippen LogP contribution in [0.4, 0.5) is 13.2 Å². The Labute approximate surface area is 184 Å². The fraction of sp³-hybridized carbons (Fsp3) is 0.429. The van der Waals surface area contributed by atoms with Crippen molar-refractivity contribution in [1.29, 1.82) is 0 Å². The Kier molecular flexibility index (Phi) is 8.41. The van der Waals surface area contributed by atoms with Crippen LogP contribution in [0.1, 0.15) is 80.0 Å². The van der Waals surface area contributed by atoms with Gasteiger partial charge in [0.05, 0.1) is 5.56 Å². The van der Waals surface area contributed by atoms with E-state index in [9.17, 15) is 13.2 Å². The highest BCUT2D eigenvalue weighted by atomic mass is 19.4. The first-order valence-corrected chi connectivity index (χ1v) is 11.4. The molecule has 0 aromatic heterocycles. The Bertz CT molecular complexity index is 885. The van der Waals surface area contributed by atoms with Crippen molar-refractivity contribution >= 4 is 0 Å². The van der Waals surface area contributed by atoms with E-state index in [2.05, 4.69) is 49.1 Å². The molecule has 3 rings (SSSR count). The van der Waals surface area contributed by atoms with Crippen molar-refractivity contribution < 1.29 is 13.2 Å². The molecule has 0 amide bonds. The molecule has 0 unspecified atom stereocenters. The first kappa shape index (κ1) is 23.2. The molecule has 31 heavy (non-hydrogen) atoms. The normalized spacial score (nSPS) is 19.2. The summed E-state index contributed by atoms with van der Waals surface area (Å²) in [6.45, 7) is 2.24. The number of rotatable bonds is 6. The van der Waals surface area contributed by atoms with Crippen molar-refractivity contribution in [3.63, 3.8) is 0 Å². The molecule has 3 heteroatoms. The summed E-state index contributed by atoms with van der Waals surface area (Å²) in [5, 5.41) is 0. The molecular formula is C28H31F3. The largest absolute Gasteiger partial charge is 0.416 e. The maximum Gasteiger partial charge on any atom is 0.416 e. The van der Waals surface area contributed by atoms with E-state index in [0.29, 0.717) is 17.4 Å². The van der Waals surface area contributed by atoms with Crippen LogP contribution in [-0.2, 0) is 12.6 Å². The lowest BCUT2D eigenvalue weighted by molar-refractivity contribution is -0.137. The number of unbranched alkanes of at least 4 members (excludes halogenated alkanes) is 2. The minimum atomic E-state index is -4.30. The minimum absolute atomic E-state index is 0.534. The third-order valence-corrected chi connectivity index (χ3v) is 6.17. The second kappa shape index (κ2) is 11.2. The number of halogens is 3. The highest BCUT2D eigenvalue weighted by molar-refractivity contribution is 5.39. The highest BCUT2D eigenvalue weighted by Crippen LogP contribution is 2.36. The SMILES string of the molecule is CCCCCc1ccc(C2CCC(C=CC#Cc3ccc(C(F)(F)F)cc3)CC2)cc1. The second-order valence-corrected chi connectivity index (χ2v) is 8.51. The summed E-state index contributed by atoms with van der Waals surface area (Å²) >= 11 is 0. The molecule has 1 aliphatic carbocycles. The van der Waals surface area contributed by atoms with Gasteiger partial charge in [-0.15, -0.1) is 0 Å². The molecule has 1 fully saturated rings. The van der Waals surface area contributed by atoms with Gasteiger partial charge >= 0.3 is 6.18 Å². The maximum atomic E-state index is 12.6. The smallest absolute Gasteiger partial charge is 0.166 e. The van der Waals surface area contributed by atoms with E-state index >= 15 is 0 Å². The maximum absolute atomic E-state index is 12.6. The third-order valence-electron chi connectivity index (χ3n) is 6.17. The van der Waals surface area contributed by atoms with E-state index in [1.807, 2.05) is 6.08 Å². The average Bonchev–Trinajstić information content (AvgIpc) is 2.78. The van der Waals surface area contributed by atoms with Crippen LogP contribution < -0.4 is 0 Å². The molecule has 0 aliphatic heterocycles. The molecule has 1 saturated carbocycles. The molecule has 0 N–H and O–H groups in total. The van der Waals surface area contributed by atoms with E-state index in [0.717, 1.165) is 25.0 Å². The molecule has 0 heterocycles. The molecule has 2 aromatic rings. The lowest BCUT2D eigenvalue weighted by Gasteiger charge is -2.27. The summed E-state index contributed by atoms with van der Waals surface area (Å²) in [7, 11) is 0. The van der Waals surface area contributed by atoms with Crippen LogP contribution in [0.25, 0.3) is 0 Å². The third kappa shape index (κ3) is 7.31. The van der Waals surface area contributed by atoms with Gasteiger partial charge in [0.15, 0.2) is 0 Å². The van der Waals surface area contributed by atoms with E-state index in [1.54, 1.807) is 0 Å². The number of hydrogen-bond donors (Lipinski definition) is 0. The summed E-state index contributed by atoms with van der Waals surface area (Å²) in [5.41, 5.74) is 2.86. The fourth-order valence-electron chi connectivity index (χ4n) is 4.23. The van der Waals surface area contributed by atoms with E-state index in [1.165, 1.54) is 61.8 Å². The van der Waals surface area contributed by atoms with E-state index < -0.39 is 11.7 Å². The number of hydrogen-bond acceptors (Lipinski definition) is 0. The van der Waals surface area contributed by atoms with Gasteiger partial charge in [0.2, 0.25) is 0 Å². The Morgan fingerprint density at radius 1 is 0.903 bits per heavy atom. The van der Waals surface area contributed by atoms with Gasteiger partial charge in [0.1, 0.15) is 0 Å². The first-order chi connectivity index (χ1) is 15.0. The molecule has 0 bridgehead atoms. The molecule has 1 aliphatic rings. The average molecular weight is 425 g/mol.